The molecule has 4 heteroatoms. The number of carboxylic acid groups (broad SMARTS) is 1. The maximum atomic E-state index is 10.5. The quantitative estimate of drug-likeness (QED) is 0.754. The van der Waals surface area contributed by atoms with Gasteiger partial charge in [-0.05, 0) is 30.4 Å². The van der Waals surface area contributed by atoms with Gasteiger partial charge in [-0.3, -0.25) is 0 Å². The predicted octanol–water partition coefficient (Wildman–Crippen LogP) is 1.19. The van der Waals surface area contributed by atoms with Gasteiger partial charge in [-0.2, -0.15) is 0 Å². The number of hydrogen-bond donors (Lipinski definition) is 2. The monoisotopic (exact) mass is 192 g/mol. The third kappa shape index (κ3) is 1.75. The van der Waals surface area contributed by atoms with Crippen LogP contribution in [-0.4, -0.2) is 16.1 Å². The highest BCUT2D eigenvalue weighted by atomic mass is 16.4. The molecule has 14 heavy (non-hydrogen) atoms. The fourth-order valence-corrected chi connectivity index (χ4v) is 1.46. The number of aromatic nitrogens is 1. The van der Waals surface area contributed by atoms with Crippen molar-refractivity contribution in [2.45, 2.75) is 18.9 Å². The molecule has 0 aromatic carbocycles. The lowest BCUT2D eigenvalue weighted by Crippen LogP contribution is -2.13. The van der Waals surface area contributed by atoms with Gasteiger partial charge in [-0.25, -0.2) is 9.78 Å². The molecule has 1 fully saturated rings. The maximum absolute atomic E-state index is 10.5. The molecule has 0 unspecified atom stereocenters. The van der Waals surface area contributed by atoms with E-state index in [4.69, 9.17) is 10.8 Å². The average Bonchev–Trinajstić information content (AvgIpc) is 3.00. The SMILES string of the molecule is N[C@H](c1ccc(C(=O)O)nc1)C1CC1. The summed E-state index contributed by atoms with van der Waals surface area (Å²) in [6.45, 7) is 0. The summed E-state index contributed by atoms with van der Waals surface area (Å²) in [5.41, 5.74) is 6.93. The van der Waals surface area contributed by atoms with E-state index in [1.807, 2.05) is 0 Å². The summed E-state index contributed by atoms with van der Waals surface area (Å²) in [6, 6.07) is 3.27. The summed E-state index contributed by atoms with van der Waals surface area (Å²) in [6.07, 6.45) is 3.90. The minimum atomic E-state index is -1.00. The summed E-state index contributed by atoms with van der Waals surface area (Å²) >= 11 is 0. The van der Waals surface area contributed by atoms with E-state index >= 15 is 0 Å². The van der Waals surface area contributed by atoms with Crippen molar-refractivity contribution in [1.82, 2.24) is 4.98 Å². The van der Waals surface area contributed by atoms with Gasteiger partial charge in [0.05, 0.1) is 0 Å². The standard InChI is InChI=1S/C10H12N2O2/c11-9(6-1-2-6)7-3-4-8(10(13)14)12-5-7/h3-6,9H,1-2,11H2,(H,13,14)/t9-/m0/s1. The number of rotatable bonds is 3. The first-order valence-electron chi connectivity index (χ1n) is 4.63. The van der Waals surface area contributed by atoms with E-state index in [9.17, 15) is 4.79 Å². The Morgan fingerprint density at radius 1 is 1.57 bits per heavy atom. The van der Waals surface area contributed by atoms with Crippen molar-refractivity contribution in [3.05, 3.63) is 29.6 Å². The van der Waals surface area contributed by atoms with E-state index < -0.39 is 5.97 Å². The molecule has 4 nitrogen and oxygen atoms in total. The van der Waals surface area contributed by atoms with Crippen LogP contribution in [0.1, 0.15) is 34.9 Å². The van der Waals surface area contributed by atoms with Gasteiger partial charge < -0.3 is 10.8 Å². The topological polar surface area (TPSA) is 76.2 Å². The van der Waals surface area contributed by atoms with E-state index in [1.165, 1.54) is 18.9 Å². The lowest BCUT2D eigenvalue weighted by atomic mass is 10.1. The second-order valence-electron chi connectivity index (χ2n) is 3.65. The molecule has 0 radical (unpaired) electrons. The maximum Gasteiger partial charge on any atom is 0.354 e. The summed E-state index contributed by atoms with van der Waals surface area (Å²) in [5.74, 6) is -0.441. The molecule has 1 aliphatic carbocycles. The molecule has 3 N–H and O–H groups in total. The van der Waals surface area contributed by atoms with Crippen LogP contribution < -0.4 is 5.73 Å². The molecule has 0 saturated heterocycles. The predicted molar refractivity (Wildman–Crippen MR) is 50.8 cm³/mol. The molecular formula is C10H12N2O2. The summed E-state index contributed by atoms with van der Waals surface area (Å²) < 4.78 is 0. The number of nitrogens with zero attached hydrogens (tertiary/aromatic N) is 1. The van der Waals surface area contributed by atoms with Crippen LogP contribution >= 0.6 is 0 Å². The van der Waals surface area contributed by atoms with Crippen LogP contribution in [0, 0.1) is 5.92 Å². The Labute approximate surface area is 81.8 Å². The van der Waals surface area contributed by atoms with Crippen molar-refractivity contribution >= 4 is 5.97 Å². The van der Waals surface area contributed by atoms with Crippen molar-refractivity contribution in [1.29, 1.82) is 0 Å². The molecule has 0 bridgehead atoms. The van der Waals surface area contributed by atoms with Gasteiger partial charge in [0, 0.05) is 12.2 Å². The Kier molecular flexibility index (Phi) is 2.21. The van der Waals surface area contributed by atoms with Crippen LogP contribution in [-0.2, 0) is 0 Å². The van der Waals surface area contributed by atoms with Gasteiger partial charge in [-0.1, -0.05) is 6.07 Å². The van der Waals surface area contributed by atoms with Crippen molar-refractivity contribution in [3.63, 3.8) is 0 Å². The van der Waals surface area contributed by atoms with Gasteiger partial charge >= 0.3 is 5.97 Å². The molecule has 1 atom stereocenters. The fraction of sp³-hybridized carbons (Fsp3) is 0.400. The largest absolute Gasteiger partial charge is 0.477 e. The fourth-order valence-electron chi connectivity index (χ4n) is 1.46. The number of aromatic carboxylic acids is 1. The molecule has 2 rings (SSSR count). The number of pyridine rings is 1. The first-order valence-corrected chi connectivity index (χ1v) is 4.63. The molecule has 0 spiro atoms. The van der Waals surface area contributed by atoms with Crippen molar-refractivity contribution in [2.75, 3.05) is 0 Å². The zero-order valence-corrected chi connectivity index (χ0v) is 7.68. The smallest absolute Gasteiger partial charge is 0.354 e. The highest BCUT2D eigenvalue weighted by molar-refractivity contribution is 5.85. The zero-order chi connectivity index (χ0) is 10.1. The lowest BCUT2D eigenvalue weighted by molar-refractivity contribution is 0.0690. The first kappa shape index (κ1) is 9.15. The third-order valence-corrected chi connectivity index (χ3v) is 2.52. The minimum Gasteiger partial charge on any atom is -0.477 e. The van der Waals surface area contributed by atoms with Gasteiger partial charge in [-0.15, -0.1) is 0 Å². The Bertz CT molecular complexity index is 344. The number of hydrogen-bond acceptors (Lipinski definition) is 3. The minimum absolute atomic E-state index is 0.0188. The van der Waals surface area contributed by atoms with Gasteiger partial charge in [0.2, 0.25) is 0 Å². The number of carboxylic acids is 1. The van der Waals surface area contributed by atoms with Crippen LogP contribution in [0.15, 0.2) is 18.3 Å². The lowest BCUT2D eigenvalue weighted by Gasteiger charge is -2.09. The summed E-state index contributed by atoms with van der Waals surface area (Å²) in [7, 11) is 0. The van der Waals surface area contributed by atoms with E-state index in [-0.39, 0.29) is 11.7 Å². The van der Waals surface area contributed by atoms with Gasteiger partial charge in [0.25, 0.3) is 0 Å². The Balaban J connectivity index is 2.16. The van der Waals surface area contributed by atoms with Crippen LogP contribution in [0.4, 0.5) is 0 Å². The van der Waals surface area contributed by atoms with Crippen LogP contribution in [0.5, 0.6) is 0 Å². The number of nitrogens with two attached hydrogens (primary N) is 1. The van der Waals surface area contributed by atoms with E-state index in [2.05, 4.69) is 4.98 Å². The van der Waals surface area contributed by atoms with E-state index in [0.29, 0.717) is 5.92 Å². The van der Waals surface area contributed by atoms with E-state index in [0.717, 1.165) is 5.56 Å². The highest BCUT2D eigenvalue weighted by Gasteiger charge is 2.29. The summed E-state index contributed by atoms with van der Waals surface area (Å²) in [5, 5.41) is 8.64. The molecule has 0 amide bonds. The van der Waals surface area contributed by atoms with Crippen molar-refractivity contribution in [3.8, 4) is 0 Å². The molecule has 0 aliphatic heterocycles. The van der Waals surface area contributed by atoms with Crippen LogP contribution in [0.3, 0.4) is 0 Å². The molecule has 1 aromatic heterocycles. The molecular weight excluding hydrogens is 180 g/mol. The molecule has 1 aromatic rings. The highest BCUT2D eigenvalue weighted by Crippen LogP contribution is 2.39. The van der Waals surface area contributed by atoms with Gasteiger partial charge in [0.1, 0.15) is 5.69 Å². The summed E-state index contributed by atoms with van der Waals surface area (Å²) in [4.78, 5) is 14.4. The normalized spacial score (nSPS) is 17.8. The van der Waals surface area contributed by atoms with Crippen molar-refractivity contribution < 1.29 is 9.90 Å². The Morgan fingerprint density at radius 2 is 2.29 bits per heavy atom. The Morgan fingerprint density at radius 3 is 2.71 bits per heavy atom. The van der Waals surface area contributed by atoms with Crippen LogP contribution in [0.2, 0.25) is 0 Å². The number of carbonyl (C=O) groups is 1. The average molecular weight is 192 g/mol. The third-order valence-electron chi connectivity index (χ3n) is 2.52. The zero-order valence-electron chi connectivity index (χ0n) is 7.68. The molecule has 1 aliphatic rings. The van der Waals surface area contributed by atoms with Crippen molar-refractivity contribution in [2.24, 2.45) is 11.7 Å². The van der Waals surface area contributed by atoms with E-state index in [1.54, 1.807) is 12.3 Å². The molecule has 1 saturated carbocycles. The van der Waals surface area contributed by atoms with Gasteiger partial charge in [0.15, 0.2) is 0 Å². The molecule has 74 valence electrons. The Hall–Kier alpha value is -1.42. The second-order valence-corrected chi connectivity index (χ2v) is 3.65. The second kappa shape index (κ2) is 3.38. The first-order chi connectivity index (χ1) is 6.68. The molecule has 1 heterocycles. The van der Waals surface area contributed by atoms with Crippen LogP contribution in [0.25, 0.3) is 0 Å².